The number of halogens is 3. The Bertz CT molecular complexity index is 798. The molecule has 0 atom stereocenters. The smallest absolute Gasteiger partial charge is 0.301 e. The van der Waals surface area contributed by atoms with Crippen LogP contribution in [0.2, 0.25) is 0 Å². The number of H-pyrrole nitrogens is 2. The van der Waals surface area contributed by atoms with Crippen molar-refractivity contribution in [2.75, 3.05) is 0 Å². The second kappa shape index (κ2) is 3.55. The van der Waals surface area contributed by atoms with Gasteiger partial charge in [0, 0.05) is 7.05 Å². The van der Waals surface area contributed by atoms with E-state index < -0.39 is 39.8 Å². The standard InChI is InChI=1S/C8H5F3N4O3/c1-15-5(17)3-2(4(16)14-7(18)13-3)12-6(15)8(9,10)11/h1H3,(H2,13,14,16,18). The minimum Gasteiger partial charge on any atom is -0.301 e. The third-order valence-corrected chi connectivity index (χ3v) is 2.22. The van der Waals surface area contributed by atoms with Crippen molar-refractivity contribution in [1.29, 1.82) is 0 Å². The van der Waals surface area contributed by atoms with E-state index >= 15 is 0 Å². The molecule has 0 unspecified atom stereocenters. The summed E-state index contributed by atoms with van der Waals surface area (Å²) in [6, 6.07) is 0. The van der Waals surface area contributed by atoms with Gasteiger partial charge < -0.3 is 4.98 Å². The molecule has 0 saturated carbocycles. The summed E-state index contributed by atoms with van der Waals surface area (Å²) in [6.07, 6.45) is -4.88. The van der Waals surface area contributed by atoms with E-state index in [1.54, 1.807) is 4.98 Å². The van der Waals surface area contributed by atoms with Crippen molar-refractivity contribution in [3.63, 3.8) is 0 Å². The monoisotopic (exact) mass is 262 g/mol. The van der Waals surface area contributed by atoms with Gasteiger partial charge in [0.15, 0.2) is 5.52 Å². The predicted octanol–water partition coefficient (Wildman–Crippen LogP) is -0.671. The van der Waals surface area contributed by atoms with Crippen LogP contribution in [0.3, 0.4) is 0 Å². The van der Waals surface area contributed by atoms with Gasteiger partial charge in [-0.3, -0.25) is 19.1 Å². The van der Waals surface area contributed by atoms with Gasteiger partial charge in [-0.2, -0.15) is 13.2 Å². The predicted molar refractivity (Wildman–Crippen MR) is 53.2 cm³/mol. The Labute approximate surface area is 94.9 Å². The van der Waals surface area contributed by atoms with E-state index in [2.05, 4.69) is 4.98 Å². The van der Waals surface area contributed by atoms with E-state index in [0.717, 1.165) is 7.05 Å². The molecule has 0 bridgehead atoms. The highest BCUT2D eigenvalue weighted by Crippen LogP contribution is 2.26. The van der Waals surface area contributed by atoms with E-state index in [4.69, 9.17) is 0 Å². The topological polar surface area (TPSA) is 101 Å². The van der Waals surface area contributed by atoms with Gasteiger partial charge in [-0.1, -0.05) is 0 Å². The lowest BCUT2D eigenvalue weighted by atomic mass is 10.4. The largest absolute Gasteiger partial charge is 0.449 e. The van der Waals surface area contributed by atoms with E-state index in [1.165, 1.54) is 0 Å². The summed E-state index contributed by atoms with van der Waals surface area (Å²) in [4.78, 5) is 40.5. The van der Waals surface area contributed by atoms with Crippen LogP contribution in [0.1, 0.15) is 5.82 Å². The minimum atomic E-state index is -4.88. The zero-order valence-corrected chi connectivity index (χ0v) is 8.75. The fourth-order valence-electron chi connectivity index (χ4n) is 1.44. The van der Waals surface area contributed by atoms with Crippen LogP contribution in [0, 0.1) is 0 Å². The van der Waals surface area contributed by atoms with Crippen molar-refractivity contribution in [3.05, 3.63) is 37.0 Å². The molecule has 0 aliphatic heterocycles. The Morgan fingerprint density at radius 3 is 2.33 bits per heavy atom. The third kappa shape index (κ3) is 1.71. The summed E-state index contributed by atoms with van der Waals surface area (Å²) in [5.41, 5.74) is -4.64. The SMILES string of the molecule is Cn1c(C(F)(F)F)nc2c(=O)[nH]c(=O)[nH]c2c1=O. The van der Waals surface area contributed by atoms with Crippen LogP contribution in [0.4, 0.5) is 13.2 Å². The molecular weight excluding hydrogens is 257 g/mol. The van der Waals surface area contributed by atoms with Crippen molar-refractivity contribution in [2.24, 2.45) is 7.05 Å². The number of rotatable bonds is 0. The molecule has 2 N–H and O–H groups in total. The molecule has 10 heteroatoms. The average Bonchev–Trinajstić information content (AvgIpc) is 2.22. The number of hydrogen-bond donors (Lipinski definition) is 2. The molecule has 0 spiro atoms. The van der Waals surface area contributed by atoms with Gasteiger partial charge in [0.1, 0.15) is 5.52 Å². The van der Waals surface area contributed by atoms with Crippen molar-refractivity contribution >= 4 is 11.0 Å². The lowest BCUT2D eigenvalue weighted by Crippen LogP contribution is -2.33. The summed E-state index contributed by atoms with van der Waals surface area (Å²) >= 11 is 0. The van der Waals surface area contributed by atoms with Crippen molar-refractivity contribution < 1.29 is 13.2 Å². The highest BCUT2D eigenvalue weighted by atomic mass is 19.4. The van der Waals surface area contributed by atoms with E-state index in [9.17, 15) is 27.6 Å². The molecule has 0 aromatic carbocycles. The van der Waals surface area contributed by atoms with Crippen molar-refractivity contribution in [3.8, 4) is 0 Å². The number of aromatic amines is 2. The van der Waals surface area contributed by atoms with Gasteiger partial charge in [-0.05, 0) is 0 Å². The molecule has 2 heterocycles. The molecule has 2 rings (SSSR count). The molecule has 0 aliphatic rings. The molecule has 0 aliphatic carbocycles. The zero-order valence-electron chi connectivity index (χ0n) is 8.75. The Balaban J connectivity index is 3.08. The van der Waals surface area contributed by atoms with Crippen LogP contribution in [0.5, 0.6) is 0 Å². The van der Waals surface area contributed by atoms with E-state index in [-0.39, 0.29) is 4.57 Å². The number of aromatic nitrogens is 4. The van der Waals surface area contributed by atoms with Gasteiger partial charge >= 0.3 is 11.9 Å². The summed E-state index contributed by atoms with van der Waals surface area (Å²) in [5, 5.41) is 0. The van der Waals surface area contributed by atoms with Crippen LogP contribution >= 0.6 is 0 Å². The third-order valence-electron chi connectivity index (χ3n) is 2.22. The second-order valence-corrected chi connectivity index (χ2v) is 3.43. The number of hydrogen-bond acceptors (Lipinski definition) is 4. The first-order chi connectivity index (χ1) is 8.21. The fourth-order valence-corrected chi connectivity index (χ4v) is 1.44. The van der Waals surface area contributed by atoms with Gasteiger partial charge in [0.25, 0.3) is 11.1 Å². The number of nitrogens with one attached hydrogen (secondary N) is 2. The van der Waals surface area contributed by atoms with Crippen LogP contribution in [-0.2, 0) is 13.2 Å². The van der Waals surface area contributed by atoms with E-state index in [0.29, 0.717) is 0 Å². The number of alkyl halides is 3. The normalized spacial score (nSPS) is 12.0. The fraction of sp³-hybridized carbons (Fsp3) is 0.250. The Morgan fingerprint density at radius 1 is 1.17 bits per heavy atom. The van der Waals surface area contributed by atoms with Crippen molar-refractivity contribution in [1.82, 2.24) is 19.5 Å². The molecule has 96 valence electrons. The highest BCUT2D eigenvalue weighted by molar-refractivity contribution is 5.71. The Kier molecular flexibility index (Phi) is 2.38. The first kappa shape index (κ1) is 12.1. The quantitative estimate of drug-likeness (QED) is 0.657. The van der Waals surface area contributed by atoms with Gasteiger partial charge in [0.2, 0.25) is 5.82 Å². The summed E-state index contributed by atoms with van der Waals surface area (Å²) < 4.78 is 37.9. The van der Waals surface area contributed by atoms with E-state index in [1.807, 2.05) is 4.98 Å². The van der Waals surface area contributed by atoms with Gasteiger partial charge in [0.05, 0.1) is 0 Å². The van der Waals surface area contributed by atoms with Crippen molar-refractivity contribution in [2.45, 2.75) is 6.18 Å². The molecule has 0 fully saturated rings. The first-order valence-electron chi connectivity index (χ1n) is 4.52. The molecule has 2 aromatic rings. The molecule has 0 amide bonds. The summed E-state index contributed by atoms with van der Waals surface area (Å²) in [6.45, 7) is 0. The van der Waals surface area contributed by atoms with Crippen LogP contribution in [0.25, 0.3) is 11.0 Å². The summed E-state index contributed by atoms with van der Waals surface area (Å²) in [7, 11) is 0.844. The molecular formula is C8H5F3N4O3. The lowest BCUT2D eigenvalue weighted by molar-refractivity contribution is -0.147. The second-order valence-electron chi connectivity index (χ2n) is 3.43. The Morgan fingerprint density at radius 2 is 1.78 bits per heavy atom. The van der Waals surface area contributed by atoms with Crippen LogP contribution < -0.4 is 16.8 Å². The molecule has 0 radical (unpaired) electrons. The maximum atomic E-state index is 12.6. The first-order valence-corrected chi connectivity index (χ1v) is 4.52. The van der Waals surface area contributed by atoms with Crippen LogP contribution in [-0.4, -0.2) is 19.5 Å². The summed E-state index contributed by atoms with van der Waals surface area (Å²) in [5.74, 6) is -1.52. The minimum absolute atomic E-state index is 0.220. The maximum Gasteiger partial charge on any atom is 0.449 e. The molecule has 0 saturated heterocycles. The highest BCUT2D eigenvalue weighted by Gasteiger charge is 2.36. The molecule has 18 heavy (non-hydrogen) atoms. The van der Waals surface area contributed by atoms with Gasteiger partial charge in [-0.25, -0.2) is 9.78 Å². The molecule has 7 nitrogen and oxygen atoms in total. The lowest BCUT2D eigenvalue weighted by Gasteiger charge is -2.10. The zero-order chi connectivity index (χ0) is 13.7. The van der Waals surface area contributed by atoms with Crippen LogP contribution in [0.15, 0.2) is 14.4 Å². The number of nitrogens with zero attached hydrogens (tertiary/aromatic N) is 2. The average molecular weight is 262 g/mol. The number of fused-ring (bicyclic) bond motifs is 1. The Hall–Kier alpha value is -2.39. The van der Waals surface area contributed by atoms with Gasteiger partial charge in [-0.15, -0.1) is 0 Å². The maximum absolute atomic E-state index is 12.6. The molecule has 2 aromatic heterocycles.